The van der Waals surface area contributed by atoms with E-state index in [-0.39, 0.29) is 23.2 Å². The molecule has 0 aromatic carbocycles. The molecule has 0 fully saturated rings. The van der Waals surface area contributed by atoms with Crippen molar-refractivity contribution in [2.45, 2.75) is 13.8 Å². The van der Waals surface area contributed by atoms with Crippen molar-refractivity contribution < 1.29 is 9.59 Å². The SMILES string of the molecule is CC(=O)Nc1cc(Cl)cc(C(C)=O)n1. The van der Waals surface area contributed by atoms with Crippen LogP contribution in [-0.4, -0.2) is 16.7 Å². The number of aromatic nitrogens is 1. The maximum Gasteiger partial charge on any atom is 0.222 e. The predicted molar refractivity (Wildman–Crippen MR) is 53.6 cm³/mol. The molecule has 4 nitrogen and oxygen atoms in total. The van der Waals surface area contributed by atoms with Crippen LogP contribution < -0.4 is 5.32 Å². The van der Waals surface area contributed by atoms with E-state index in [0.29, 0.717) is 5.02 Å². The predicted octanol–water partition coefficient (Wildman–Crippen LogP) is 1.90. The number of rotatable bonds is 2. The summed E-state index contributed by atoms with van der Waals surface area (Å²) >= 11 is 5.73. The summed E-state index contributed by atoms with van der Waals surface area (Å²) in [5.41, 5.74) is 0.237. The molecule has 0 spiro atoms. The number of carbonyl (C=O) groups is 2. The van der Waals surface area contributed by atoms with E-state index in [9.17, 15) is 9.59 Å². The molecular weight excluding hydrogens is 204 g/mol. The number of ketones is 1. The molecule has 1 heterocycles. The van der Waals surface area contributed by atoms with Crippen molar-refractivity contribution >= 4 is 29.1 Å². The van der Waals surface area contributed by atoms with Crippen LogP contribution in [0.2, 0.25) is 5.02 Å². The van der Waals surface area contributed by atoms with Crippen molar-refractivity contribution in [3.63, 3.8) is 0 Å². The van der Waals surface area contributed by atoms with Crippen molar-refractivity contribution in [2.24, 2.45) is 0 Å². The maximum absolute atomic E-state index is 11.0. The summed E-state index contributed by atoms with van der Waals surface area (Å²) in [6, 6.07) is 2.94. The van der Waals surface area contributed by atoms with Crippen LogP contribution in [-0.2, 0) is 4.79 Å². The van der Waals surface area contributed by atoms with Gasteiger partial charge in [-0.2, -0.15) is 0 Å². The van der Waals surface area contributed by atoms with Gasteiger partial charge in [0.1, 0.15) is 11.5 Å². The van der Waals surface area contributed by atoms with Crippen molar-refractivity contribution in [1.82, 2.24) is 4.98 Å². The van der Waals surface area contributed by atoms with Crippen molar-refractivity contribution in [3.8, 4) is 0 Å². The molecule has 1 aromatic heterocycles. The number of hydrogen-bond donors (Lipinski definition) is 1. The van der Waals surface area contributed by atoms with E-state index in [1.807, 2.05) is 0 Å². The molecule has 0 atom stereocenters. The Morgan fingerprint density at radius 2 is 2.00 bits per heavy atom. The van der Waals surface area contributed by atoms with Crippen molar-refractivity contribution in [1.29, 1.82) is 0 Å². The Balaban J connectivity index is 3.07. The number of nitrogens with one attached hydrogen (secondary N) is 1. The number of carbonyl (C=O) groups excluding carboxylic acids is 2. The van der Waals surface area contributed by atoms with Gasteiger partial charge in [-0.05, 0) is 12.1 Å². The minimum Gasteiger partial charge on any atom is -0.311 e. The lowest BCUT2D eigenvalue weighted by molar-refractivity contribution is -0.114. The molecule has 1 amide bonds. The Labute approximate surface area is 86.3 Å². The van der Waals surface area contributed by atoms with Crippen LogP contribution >= 0.6 is 11.6 Å². The van der Waals surface area contributed by atoms with Crippen molar-refractivity contribution in [2.75, 3.05) is 5.32 Å². The molecular formula is C9H9ClN2O2. The number of nitrogens with zero attached hydrogens (tertiary/aromatic N) is 1. The Morgan fingerprint density at radius 1 is 1.36 bits per heavy atom. The molecule has 1 rings (SSSR count). The van der Waals surface area contributed by atoms with Gasteiger partial charge in [0.25, 0.3) is 0 Å². The van der Waals surface area contributed by atoms with E-state index < -0.39 is 0 Å². The van der Waals surface area contributed by atoms with Crippen molar-refractivity contribution in [3.05, 3.63) is 22.8 Å². The van der Waals surface area contributed by atoms with E-state index in [1.54, 1.807) is 0 Å². The van der Waals surface area contributed by atoms with Gasteiger partial charge in [-0.25, -0.2) is 4.98 Å². The van der Waals surface area contributed by atoms with E-state index in [4.69, 9.17) is 11.6 Å². The first-order valence-corrected chi connectivity index (χ1v) is 4.33. The second kappa shape index (κ2) is 4.19. The third-order valence-electron chi connectivity index (χ3n) is 1.45. The van der Waals surface area contributed by atoms with Crippen LogP contribution in [0.3, 0.4) is 0 Å². The van der Waals surface area contributed by atoms with Gasteiger partial charge in [-0.1, -0.05) is 11.6 Å². The Hall–Kier alpha value is -1.42. The van der Waals surface area contributed by atoms with Crippen LogP contribution in [0.25, 0.3) is 0 Å². The van der Waals surface area contributed by atoms with Crippen LogP contribution in [0.15, 0.2) is 12.1 Å². The number of Topliss-reactive ketones (excluding diaryl/α,β-unsaturated/α-hetero) is 1. The van der Waals surface area contributed by atoms with Crippen LogP contribution in [0.4, 0.5) is 5.82 Å². The van der Waals surface area contributed by atoms with Gasteiger partial charge in [-0.15, -0.1) is 0 Å². The van der Waals surface area contributed by atoms with Gasteiger partial charge in [0.2, 0.25) is 5.91 Å². The second-order valence-corrected chi connectivity index (χ2v) is 3.23. The summed E-state index contributed by atoms with van der Waals surface area (Å²) in [6.45, 7) is 2.74. The molecule has 0 aliphatic heterocycles. The highest BCUT2D eigenvalue weighted by molar-refractivity contribution is 6.31. The lowest BCUT2D eigenvalue weighted by atomic mass is 10.3. The minimum atomic E-state index is -0.255. The molecule has 5 heteroatoms. The quantitative estimate of drug-likeness (QED) is 0.762. The molecule has 0 saturated carbocycles. The largest absolute Gasteiger partial charge is 0.311 e. The Morgan fingerprint density at radius 3 is 2.50 bits per heavy atom. The summed E-state index contributed by atoms with van der Waals surface area (Å²) in [5, 5.41) is 2.82. The van der Waals surface area contributed by atoms with Crippen LogP contribution in [0.5, 0.6) is 0 Å². The lowest BCUT2D eigenvalue weighted by Crippen LogP contribution is -2.09. The molecule has 74 valence electrons. The van der Waals surface area contributed by atoms with Gasteiger partial charge in [0.05, 0.1) is 0 Å². The first-order chi connectivity index (χ1) is 6.49. The number of pyridine rings is 1. The van der Waals surface area contributed by atoms with Gasteiger partial charge >= 0.3 is 0 Å². The Kier molecular flexibility index (Phi) is 3.19. The number of anilines is 1. The number of hydrogen-bond acceptors (Lipinski definition) is 3. The normalized spacial score (nSPS) is 9.64. The topological polar surface area (TPSA) is 59.1 Å². The van der Waals surface area contributed by atoms with E-state index in [2.05, 4.69) is 10.3 Å². The number of halogens is 1. The Bertz CT molecular complexity index is 390. The average molecular weight is 213 g/mol. The molecule has 0 aliphatic rings. The van der Waals surface area contributed by atoms with E-state index in [0.717, 1.165) is 0 Å². The molecule has 0 aliphatic carbocycles. The van der Waals surface area contributed by atoms with Gasteiger partial charge in [-0.3, -0.25) is 9.59 Å². The molecule has 14 heavy (non-hydrogen) atoms. The second-order valence-electron chi connectivity index (χ2n) is 2.79. The molecule has 0 saturated heterocycles. The fourth-order valence-corrected chi connectivity index (χ4v) is 1.13. The lowest BCUT2D eigenvalue weighted by Gasteiger charge is -2.03. The molecule has 1 N–H and O–H groups in total. The van der Waals surface area contributed by atoms with Gasteiger partial charge in [0, 0.05) is 18.9 Å². The zero-order valence-electron chi connectivity index (χ0n) is 7.80. The fourth-order valence-electron chi connectivity index (χ4n) is 0.922. The highest BCUT2D eigenvalue weighted by Crippen LogP contribution is 2.15. The third kappa shape index (κ3) is 2.81. The standard InChI is InChI=1S/C9H9ClN2O2/c1-5(13)8-3-7(10)4-9(12-8)11-6(2)14/h3-4H,1-2H3,(H,11,12,14). The summed E-state index contributed by atoms with van der Waals surface area (Å²) < 4.78 is 0. The minimum absolute atomic E-state index is 0.195. The summed E-state index contributed by atoms with van der Waals surface area (Å²) in [5.74, 6) is -0.163. The van der Waals surface area contributed by atoms with Crippen LogP contribution in [0.1, 0.15) is 24.3 Å². The van der Waals surface area contributed by atoms with E-state index >= 15 is 0 Å². The summed E-state index contributed by atoms with van der Waals surface area (Å²) in [7, 11) is 0. The van der Waals surface area contributed by atoms with Gasteiger partial charge < -0.3 is 5.32 Å². The molecule has 0 unspecified atom stereocenters. The average Bonchev–Trinajstić information content (AvgIpc) is 2.01. The first-order valence-electron chi connectivity index (χ1n) is 3.95. The smallest absolute Gasteiger partial charge is 0.222 e. The van der Waals surface area contributed by atoms with Gasteiger partial charge in [0.15, 0.2) is 5.78 Å². The van der Waals surface area contributed by atoms with Crippen LogP contribution in [0, 0.1) is 0 Å². The highest BCUT2D eigenvalue weighted by atomic mass is 35.5. The highest BCUT2D eigenvalue weighted by Gasteiger charge is 2.06. The molecule has 0 radical (unpaired) electrons. The monoisotopic (exact) mass is 212 g/mol. The molecule has 0 bridgehead atoms. The van der Waals surface area contributed by atoms with E-state index in [1.165, 1.54) is 26.0 Å². The first kappa shape index (κ1) is 10.7. The zero-order chi connectivity index (χ0) is 10.7. The fraction of sp³-hybridized carbons (Fsp3) is 0.222. The number of amides is 1. The zero-order valence-corrected chi connectivity index (χ0v) is 8.55. The maximum atomic E-state index is 11.0. The summed E-state index contributed by atoms with van der Waals surface area (Å²) in [4.78, 5) is 25.6. The third-order valence-corrected chi connectivity index (χ3v) is 1.67. The molecule has 1 aromatic rings. The summed E-state index contributed by atoms with van der Waals surface area (Å²) in [6.07, 6.45) is 0.